The van der Waals surface area contributed by atoms with Crippen molar-refractivity contribution in [2.75, 3.05) is 7.11 Å². The maximum absolute atomic E-state index is 10.4. The van der Waals surface area contributed by atoms with Gasteiger partial charge in [0.25, 0.3) is 6.47 Å². The zero-order valence-electron chi connectivity index (χ0n) is 8.72. The average molecular weight is 219 g/mol. The molecule has 0 spiro atoms. The molecule has 0 unspecified atom stereocenters. The first kappa shape index (κ1) is 13.7. The maximum atomic E-state index is 10.4. The van der Waals surface area contributed by atoms with Crippen molar-refractivity contribution in [1.29, 1.82) is 0 Å². The molecule has 88 valence electrons. The maximum Gasteiger partial charge on any atom is 0.404 e. The molecule has 6 nitrogen and oxygen atoms in total. The molecule has 0 aliphatic heterocycles. The number of carboxylic acid groups (broad SMARTS) is 1. The monoisotopic (exact) mass is 219 g/mol. The molecule has 0 saturated heterocycles. The van der Waals surface area contributed by atoms with Crippen molar-refractivity contribution < 1.29 is 24.2 Å². The molecule has 1 aliphatic carbocycles. The summed E-state index contributed by atoms with van der Waals surface area (Å²) in [6.45, 7) is -0.250. The molecule has 0 radical (unpaired) electrons. The van der Waals surface area contributed by atoms with Crippen LogP contribution in [0.4, 0.5) is 4.79 Å². The van der Waals surface area contributed by atoms with Crippen LogP contribution in [-0.2, 0) is 14.3 Å². The Bertz CT molecular complexity index is 189. The molecule has 1 fully saturated rings. The van der Waals surface area contributed by atoms with Gasteiger partial charge in [0.05, 0.1) is 6.10 Å². The van der Waals surface area contributed by atoms with Gasteiger partial charge in [0, 0.05) is 7.11 Å². The third kappa shape index (κ3) is 6.73. The lowest BCUT2D eigenvalue weighted by Crippen LogP contribution is -2.29. The predicted molar refractivity (Wildman–Crippen MR) is 52.4 cm³/mol. The van der Waals surface area contributed by atoms with Crippen molar-refractivity contribution in [1.82, 2.24) is 0 Å². The fraction of sp³-hybridized carbons (Fsp3) is 0.778. The molecule has 0 aromatic rings. The fourth-order valence-electron chi connectivity index (χ4n) is 1.55. The Morgan fingerprint density at radius 2 is 1.73 bits per heavy atom. The van der Waals surface area contributed by atoms with Crippen molar-refractivity contribution >= 4 is 12.6 Å². The Kier molecular flexibility index (Phi) is 7.35. The number of nitrogens with two attached hydrogens (primary N) is 1. The molecule has 1 aliphatic rings. The van der Waals surface area contributed by atoms with Crippen LogP contribution < -0.4 is 5.73 Å². The molecule has 0 aromatic carbocycles. The summed E-state index contributed by atoms with van der Waals surface area (Å²) in [5, 5.41) is 6.89. The molecule has 0 aromatic heterocycles. The molecular weight excluding hydrogens is 202 g/mol. The van der Waals surface area contributed by atoms with Gasteiger partial charge in [0.1, 0.15) is 6.10 Å². The van der Waals surface area contributed by atoms with Crippen LogP contribution in [0, 0.1) is 0 Å². The van der Waals surface area contributed by atoms with E-state index in [0.29, 0.717) is 6.10 Å². The molecular formula is C9H17NO5. The first-order valence-corrected chi connectivity index (χ1v) is 4.70. The van der Waals surface area contributed by atoms with Gasteiger partial charge in [-0.05, 0) is 25.7 Å². The van der Waals surface area contributed by atoms with E-state index in [1.807, 2.05) is 0 Å². The van der Waals surface area contributed by atoms with Crippen LogP contribution in [-0.4, -0.2) is 37.0 Å². The summed E-state index contributed by atoms with van der Waals surface area (Å²) < 4.78 is 10.0. The molecule has 1 amide bonds. The van der Waals surface area contributed by atoms with Gasteiger partial charge in [-0.15, -0.1) is 0 Å². The van der Waals surface area contributed by atoms with Crippen LogP contribution in [0.2, 0.25) is 0 Å². The van der Waals surface area contributed by atoms with E-state index in [4.69, 9.17) is 25.1 Å². The van der Waals surface area contributed by atoms with Crippen LogP contribution >= 0.6 is 0 Å². The van der Waals surface area contributed by atoms with Gasteiger partial charge in [-0.2, -0.15) is 0 Å². The van der Waals surface area contributed by atoms with E-state index in [9.17, 15) is 4.79 Å². The first-order valence-electron chi connectivity index (χ1n) is 4.70. The SMILES string of the molecule is COC1CCC(OC(N)=O)CC1.O=CO. The van der Waals surface area contributed by atoms with E-state index in [2.05, 4.69) is 0 Å². The van der Waals surface area contributed by atoms with Crippen LogP contribution in [0.3, 0.4) is 0 Å². The molecule has 1 saturated carbocycles. The van der Waals surface area contributed by atoms with Crippen LogP contribution in [0.15, 0.2) is 0 Å². The lowest BCUT2D eigenvalue weighted by atomic mass is 9.95. The quantitative estimate of drug-likeness (QED) is 0.667. The van der Waals surface area contributed by atoms with Crippen LogP contribution in [0.25, 0.3) is 0 Å². The number of rotatable bonds is 2. The number of hydrogen-bond acceptors (Lipinski definition) is 4. The van der Waals surface area contributed by atoms with Crippen molar-refractivity contribution in [3.8, 4) is 0 Å². The summed E-state index contributed by atoms with van der Waals surface area (Å²) >= 11 is 0. The van der Waals surface area contributed by atoms with E-state index in [-0.39, 0.29) is 12.6 Å². The number of amides is 1. The Balaban J connectivity index is 0.000000583. The first-order chi connectivity index (χ1) is 7.13. The van der Waals surface area contributed by atoms with E-state index < -0.39 is 6.09 Å². The van der Waals surface area contributed by atoms with Crippen molar-refractivity contribution in [3.63, 3.8) is 0 Å². The van der Waals surface area contributed by atoms with Crippen LogP contribution in [0.5, 0.6) is 0 Å². The van der Waals surface area contributed by atoms with Gasteiger partial charge < -0.3 is 20.3 Å². The number of methoxy groups -OCH3 is 1. The summed E-state index contributed by atoms with van der Waals surface area (Å²) in [6, 6.07) is 0. The highest BCUT2D eigenvalue weighted by molar-refractivity contribution is 5.64. The summed E-state index contributed by atoms with van der Waals surface area (Å²) in [5.41, 5.74) is 4.90. The highest BCUT2D eigenvalue weighted by atomic mass is 16.6. The zero-order valence-corrected chi connectivity index (χ0v) is 8.72. The van der Waals surface area contributed by atoms with E-state index in [0.717, 1.165) is 25.7 Å². The number of primary amides is 1. The molecule has 0 heterocycles. The number of ether oxygens (including phenoxy) is 2. The third-order valence-electron chi connectivity index (χ3n) is 2.24. The lowest BCUT2D eigenvalue weighted by molar-refractivity contribution is -0.122. The van der Waals surface area contributed by atoms with Gasteiger partial charge in [0.2, 0.25) is 0 Å². The minimum absolute atomic E-state index is 0.00824. The third-order valence-corrected chi connectivity index (χ3v) is 2.24. The second-order valence-corrected chi connectivity index (χ2v) is 3.18. The van der Waals surface area contributed by atoms with Gasteiger partial charge in [-0.25, -0.2) is 4.79 Å². The highest BCUT2D eigenvalue weighted by Crippen LogP contribution is 2.22. The zero-order chi connectivity index (χ0) is 11.7. The average Bonchev–Trinajstić information content (AvgIpc) is 2.19. The predicted octanol–water partition coefficient (Wildman–Crippen LogP) is 0.740. The van der Waals surface area contributed by atoms with Gasteiger partial charge in [0.15, 0.2) is 0 Å². The summed E-state index contributed by atoms with van der Waals surface area (Å²) in [7, 11) is 1.71. The van der Waals surface area contributed by atoms with E-state index >= 15 is 0 Å². The summed E-state index contributed by atoms with van der Waals surface area (Å²) in [5.74, 6) is 0. The molecule has 1 rings (SSSR count). The lowest BCUT2D eigenvalue weighted by Gasteiger charge is -2.26. The fourth-order valence-corrected chi connectivity index (χ4v) is 1.55. The van der Waals surface area contributed by atoms with Gasteiger partial charge in [-0.3, -0.25) is 4.79 Å². The smallest absolute Gasteiger partial charge is 0.404 e. The molecule has 6 heteroatoms. The van der Waals surface area contributed by atoms with Crippen LogP contribution in [0.1, 0.15) is 25.7 Å². The van der Waals surface area contributed by atoms with Gasteiger partial charge >= 0.3 is 6.09 Å². The largest absolute Gasteiger partial charge is 0.483 e. The topological polar surface area (TPSA) is 98.9 Å². The minimum atomic E-state index is -0.670. The number of hydrogen-bond donors (Lipinski definition) is 2. The Labute approximate surface area is 88.3 Å². The minimum Gasteiger partial charge on any atom is -0.483 e. The number of carbonyl (C=O) groups excluding carboxylic acids is 1. The Morgan fingerprint density at radius 1 is 1.33 bits per heavy atom. The summed E-state index contributed by atoms with van der Waals surface area (Å²) in [6.07, 6.45) is 3.30. The highest BCUT2D eigenvalue weighted by Gasteiger charge is 2.22. The normalized spacial score (nSPS) is 24.6. The van der Waals surface area contributed by atoms with Crippen molar-refractivity contribution in [2.45, 2.75) is 37.9 Å². The Hall–Kier alpha value is -1.30. The van der Waals surface area contributed by atoms with Crippen molar-refractivity contribution in [2.24, 2.45) is 5.73 Å². The van der Waals surface area contributed by atoms with Gasteiger partial charge in [-0.1, -0.05) is 0 Å². The second kappa shape index (κ2) is 8.05. The Morgan fingerprint density at radius 3 is 2.07 bits per heavy atom. The van der Waals surface area contributed by atoms with Crippen molar-refractivity contribution in [3.05, 3.63) is 0 Å². The van der Waals surface area contributed by atoms with E-state index in [1.54, 1.807) is 7.11 Å². The summed E-state index contributed by atoms with van der Waals surface area (Å²) in [4.78, 5) is 18.7. The van der Waals surface area contributed by atoms with E-state index in [1.165, 1.54) is 0 Å². The molecule has 3 N–H and O–H groups in total. The molecule has 15 heavy (non-hydrogen) atoms. The molecule has 0 bridgehead atoms. The second-order valence-electron chi connectivity index (χ2n) is 3.18. The standard InChI is InChI=1S/C8H15NO3.CH2O2/c1-11-6-2-4-7(5-3-6)12-8(9)10;2-1-3/h6-7H,2-5H2,1H3,(H2,9,10);1H,(H,2,3). The number of carbonyl (C=O) groups is 2. The molecule has 0 atom stereocenters.